The van der Waals surface area contributed by atoms with E-state index in [0.717, 1.165) is 29.7 Å². The largest absolute Gasteiger partial charge is 0.326 e. The number of halogens is 2. The van der Waals surface area contributed by atoms with Gasteiger partial charge >= 0.3 is 0 Å². The fourth-order valence-electron chi connectivity index (χ4n) is 3.61. The molecular weight excluding hydrogens is 386 g/mol. The first-order chi connectivity index (χ1) is 14.3. The number of benzene rings is 1. The maximum absolute atomic E-state index is 13.9. The van der Waals surface area contributed by atoms with Crippen LogP contribution in [0.15, 0.2) is 60.7 Å². The SMILES string of the molecule is C=C/C(CC(F)(F)C=C)=C(\C=C/C)C(=O)Nc1cc2c(c(C3CC3)c1)NC(=O)CC2. The van der Waals surface area contributed by atoms with Gasteiger partial charge in [-0.1, -0.05) is 31.4 Å². The van der Waals surface area contributed by atoms with Gasteiger partial charge in [0.15, 0.2) is 0 Å². The molecule has 0 unspecified atom stereocenters. The average Bonchev–Trinajstić information content (AvgIpc) is 3.55. The van der Waals surface area contributed by atoms with Crippen LogP contribution in [0.2, 0.25) is 0 Å². The third-order valence-corrected chi connectivity index (χ3v) is 5.31. The third-order valence-electron chi connectivity index (χ3n) is 5.31. The van der Waals surface area contributed by atoms with Gasteiger partial charge in [-0.25, -0.2) is 8.78 Å². The molecule has 2 amide bonds. The molecule has 0 bridgehead atoms. The minimum absolute atomic E-state index is 0.00161. The van der Waals surface area contributed by atoms with Crippen LogP contribution in [0.1, 0.15) is 49.7 Å². The molecular formula is C24H26F2N2O2. The number of carbonyl (C=O) groups excluding carboxylic acids is 2. The molecule has 1 aliphatic heterocycles. The van der Waals surface area contributed by atoms with Gasteiger partial charge in [0.2, 0.25) is 5.91 Å². The Balaban J connectivity index is 1.94. The molecule has 0 atom stereocenters. The Morgan fingerprint density at radius 2 is 2.03 bits per heavy atom. The highest BCUT2D eigenvalue weighted by molar-refractivity contribution is 6.07. The topological polar surface area (TPSA) is 58.2 Å². The number of fused-ring (bicyclic) bond motifs is 1. The standard InChI is InChI=1S/C24H26F2N2O2/c1-4-7-19(15(5-2)14-24(25,26)6-3)23(30)27-18-12-17-10-11-21(29)28-22(17)20(13-18)16-8-9-16/h4-7,12-13,16H,2-3,8-11,14H2,1H3,(H,27,30)(H,28,29)/b7-4-,19-15-. The first-order valence-electron chi connectivity index (χ1n) is 10.1. The highest BCUT2D eigenvalue weighted by Gasteiger charge is 2.31. The molecule has 1 saturated carbocycles. The van der Waals surface area contributed by atoms with Gasteiger partial charge in [0.05, 0.1) is 0 Å². The monoisotopic (exact) mass is 412 g/mol. The molecule has 1 aliphatic carbocycles. The van der Waals surface area contributed by atoms with E-state index >= 15 is 0 Å². The van der Waals surface area contributed by atoms with Crippen LogP contribution in [0, 0.1) is 0 Å². The average molecular weight is 412 g/mol. The lowest BCUT2D eigenvalue weighted by molar-refractivity contribution is -0.116. The molecule has 6 heteroatoms. The van der Waals surface area contributed by atoms with Gasteiger partial charge in [-0.3, -0.25) is 9.59 Å². The molecule has 4 nitrogen and oxygen atoms in total. The fourth-order valence-corrected chi connectivity index (χ4v) is 3.61. The van der Waals surface area contributed by atoms with Crippen molar-refractivity contribution in [1.82, 2.24) is 0 Å². The number of alkyl halides is 2. The minimum atomic E-state index is -3.14. The second kappa shape index (κ2) is 8.78. The maximum Gasteiger partial charge on any atom is 0.270 e. The van der Waals surface area contributed by atoms with E-state index in [0.29, 0.717) is 30.5 Å². The van der Waals surface area contributed by atoms with Crippen molar-refractivity contribution in [2.45, 2.75) is 50.9 Å². The summed E-state index contributed by atoms with van der Waals surface area (Å²) in [7, 11) is 0. The van der Waals surface area contributed by atoms with Crippen LogP contribution >= 0.6 is 0 Å². The molecule has 0 saturated heterocycles. The highest BCUT2D eigenvalue weighted by Crippen LogP contribution is 2.46. The molecule has 1 fully saturated rings. The van der Waals surface area contributed by atoms with E-state index in [2.05, 4.69) is 23.8 Å². The Kier molecular flexibility index (Phi) is 6.34. The van der Waals surface area contributed by atoms with Crippen LogP contribution in [0.3, 0.4) is 0 Å². The predicted octanol–water partition coefficient (Wildman–Crippen LogP) is 5.66. The Bertz CT molecular complexity index is 956. The van der Waals surface area contributed by atoms with Gasteiger partial charge in [-0.05, 0) is 67.0 Å². The van der Waals surface area contributed by atoms with Gasteiger partial charge in [-0.15, -0.1) is 0 Å². The summed E-state index contributed by atoms with van der Waals surface area (Å²) in [5, 5.41) is 5.81. The van der Waals surface area contributed by atoms with Gasteiger partial charge in [0.25, 0.3) is 11.8 Å². The number of aryl methyl sites for hydroxylation is 1. The van der Waals surface area contributed by atoms with Crippen LogP contribution in [-0.4, -0.2) is 17.7 Å². The van der Waals surface area contributed by atoms with E-state index in [4.69, 9.17) is 0 Å². The van der Waals surface area contributed by atoms with E-state index in [1.54, 1.807) is 13.0 Å². The summed E-state index contributed by atoms with van der Waals surface area (Å²) in [6, 6.07) is 3.72. The predicted molar refractivity (Wildman–Crippen MR) is 116 cm³/mol. The van der Waals surface area contributed by atoms with E-state index in [9.17, 15) is 18.4 Å². The lowest BCUT2D eigenvalue weighted by atomic mass is 9.95. The smallest absolute Gasteiger partial charge is 0.270 e. The zero-order valence-corrected chi connectivity index (χ0v) is 17.1. The first kappa shape index (κ1) is 21.7. The molecule has 30 heavy (non-hydrogen) atoms. The zero-order valence-electron chi connectivity index (χ0n) is 17.1. The summed E-state index contributed by atoms with van der Waals surface area (Å²) in [5.41, 5.74) is 3.73. The molecule has 0 radical (unpaired) electrons. The highest BCUT2D eigenvalue weighted by atomic mass is 19.3. The van der Waals surface area contributed by atoms with Crippen molar-refractivity contribution >= 4 is 23.2 Å². The second-order valence-electron chi connectivity index (χ2n) is 7.66. The summed E-state index contributed by atoms with van der Waals surface area (Å²) in [6.45, 7) is 8.48. The van der Waals surface area contributed by atoms with Crippen molar-refractivity contribution in [1.29, 1.82) is 0 Å². The number of rotatable bonds is 8. The van der Waals surface area contributed by atoms with E-state index in [1.807, 2.05) is 12.1 Å². The van der Waals surface area contributed by atoms with Crippen molar-refractivity contribution in [3.63, 3.8) is 0 Å². The van der Waals surface area contributed by atoms with Crippen LogP contribution in [0.5, 0.6) is 0 Å². The van der Waals surface area contributed by atoms with Crippen LogP contribution < -0.4 is 10.6 Å². The third kappa shape index (κ3) is 4.93. The Hall–Kier alpha value is -3.02. The molecule has 2 aliphatic rings. The summed E-state index contributed by atoms with van der Waals surface area (Å²) in [4.78, 5) is 24.8. The summed E-state index contributed by atoms with van der Waals surface area (Å²) < 4.78 is 27.7. The van der Waals surface area contributed by atoms with Crippen molar-refractivity contribution in [3.05, 3.63) is 71.9 Å². The number of anilines is 2. The fraction of sp³-hybridized carbons (Fsp3) is 0.333. The Morgan fingerprint density at radius 3 is 2.63 bits per heavy atom. The molecule has 1 heterocycles. The van der Waals surface area contributed by atoms with Gasteiger partial charge in [0, 0.05) is 29.8 Å². The molecule has 3 rings (SSSR count). The summed E-state index contributed by atoms with van der Waals surface area (Å²) >= 11 is 0. The normalized spacial score (nSPS) is 17.1. The zero-order chi connectivity index (χ0) is 21.9. The van der Waals surface area contributed by atoms with Crippen molar-refractivity contribution < 1.29 is 18.4 Å². The number of hydrogen-bond acceptors (Lipinski definition) is 2. The number of allylic oxidation sites excluding steroid dienone is 4. The van der Waals surface area contributed by atoms with E-state index < -0.39 is 18.3 Å². The molecule has 0 spiro atoms. The lowest BCUT2D eigenvalue weighted by Gasteiger charge is -2.22. The van der Waals surface area contributed by atoms with Crippen molar-refractivity contribution in [3.8, 4) is 0 Å². The molecule has 2 N–H and O–H groups in total. The number of amides is 2. The first-order valence-corrected chi connectivity index (χ1v) is 10.1. The summed E-state index contributed by atoms with van der Waals surface area (Å²) in [6.07, 6.45) is 7.42. The van der Waals surface area contributed by atoms with Crippen molar-refractivity contribution in [2.75, 3.05) is 10.6 Å². The van der Waals surface area contributed by atoms with Crippen LogP contribution in [0.4, 0.5) is 20.2 Å². The maximum atomic E-state index is 13.9. The van der Waals surface area contributed by atoms with Crippen LogP contribution in [0.25, 0.3) is 0 Å². The number of carbonyl (C=O) groups is 2. The van der Waals surface area contributed by atoms with E-state index in [1.165, 1.54) is 12.2 Å². The van der Waals surface area contributed by atoms with Gasteiger partial charge in [-0.2, -0.15) is 0 Å². The molecule has 1 aromatic rings. The quantitative estimate of drug-likeness (QED) is 0.329. The van der Waals surface area contributed by atoms with Gasteiger partial charge < -0.3 is 10.6 Å². The second-order valence-corrected chi connectivity index (χ2v) is 7.66. The Morgan fingerprint density at radius 1 is 1.30 bits per heavy atom. The number of hydrogen-bond donors (Lipinski definition) is 2. The molecule has 1 aromatic carbocycles. The summed E-state index contributed by atoms with van der Waals surface area (Å²) in [5.74, 6) is -3.25. The molecule has 0 aromatic heterocycles. The lowest BCUT2D eigenvalue weighted by Crippen LogP contribution is -2.22. The molecule has 158 valence electrons. The van der Waals surface area contributed by atoms with Crippen molar-refractivity contribution in [2.24, 2.45) is 0 Å². The van der Waals surface area contributed by atoms with Gasteiger partial charge in [0.1, 0.15) is 0 Å². The van der Waals surface area contributed by atoms with Crippen LogP contribution in [-0.2, 0) is 16.0 Å². The Labute approximate surface area is 175 Å². The van der Waals surface area contributed by atoms with E-state index in [-0.39, 0.29) is 17.1 Å². The number of nitrogens with one attached hydrogen (secondary N) is 2. The minimum Gasteiger partial charge on any atom is -0.326 e.